The molecular formula is C13H22N6. The Hall–Kier alpha value is -1.69. The van der Waals surface area contributed by atoms with Crippen LogP contribution in [-0.4, -0.2) is 32.2 Å². The lowest BCUT2D eigenvalue weighted by Gasteiger charge is -2.22. The van der Waals surface area contributed by atoms with E-state index in [4.69, 9.17) is 5.73 Å². The van der Waals surface area contributed by atoms with Crippen LogP contribution in [0.1, 0.15) is 32.4 Å². The Morgan fingerprint density at radius 3 is 2.79 bits per heavy atom. The predicted octanol–water partition coefficient (Wildman–Crippen LogP) is 1.61. The summed E-state index contributed by atoms with van der Waals surface area (Å²) in [5, 5.41) is 7.52. The number of nitrogens with one attached hydrogen (secondary N) is 1. The van der Waals surface area contributed by atoms with E-state index in [1.807, 2.05) is 13.0 Å². The van der Waals surface area contributed by atoms with Crippen LogP contribution in [0.15, 0.2) is 12.4 Å². The highest BCUT2D eigenvalue weighted by Gasteiger charge is 2.14. The van der Waals surface area contributed by atoms with E-state index in [1.54, 1.807) is 4.52 Å². The normalized spacial score (nSPS) is 13.1. The fourth-order valence-electron chi connectivity index (χ4n) is 2.34. The molecule has 0 spiro atoms. The zero-order chi connectivity index (χ0) is 13.8. The predicted molar refractivity (Wildman–Crippen MR) is 76.1 cm³/mol. The smallest absolute Gasteiger partial charge is 0.254 e. The van der Waals surface area contributed by atoms with Gasteiger partial charge in [0.25, 0.3) is 5.78 Å². The minimum absolute atomic E-state index is 0.141. The lowest BCUT2D eigenvalue weighted by atomic mass is 9.95. The van der Waals surface area contributed by atoms with Crippen LogP contribution in [0.5, 0.6) is 0 Å². The molecule has 19 heavy (non-hydrogen) atoms. The minimum Gasteiger partial charge on any atom is -0.368 e. The van der Waals surface area contributed by atoms with Crippen LogP contribution in [0, 0.1) is 12.8 Å². The number of rotatable bonds is 6. The highest BCUT2D eigenvalue weighted by Crippen LogP contribution is 2.14. The van der Waals surface area contributed by atoms with E-state index in [2.05, 4.69) is 34.2 Å². The third-order valence-electron chi connectivity index (χ3n) is 3.55. The maximum absolute atomic E-state index is 6.22. The first-order valence-corrected chi connectivity index (χ1v) is 6.82. The molecular weight excluding hydrogens is 240 g/mol. The van der Waals surface area contributed by atoms with Crippen molar-refractivity contribution in [2.75, 3.05) is 11.9 Å². The van der Waals surface area contributed by atoms with Gasteiger partial charge < -0.3 is 11.1 Å². The van der Waals surface area contributed by atoms with Gasteiger partial charge in [-0.1, -0.05) is 26.7 Å². The Bertz CT molecular complexity index is 531. The topological polar surface area (TPSA) is 81.1 Å². The van der Waals surface area contributed by atoms with E-state index < -0.39 is 0 Å². The molecule has 0 aliphatic heterocycles. The van der Waals surface area contributed by atoms with Gasteiger partial charge in [-0.15, -0.1) is 0 Å². The van der Waals surface area contributed by atoms with Crippen LogP contribution in [-0.2, 0) is 0 Å². The second kappa shape index (κ2) is 5.97. The molecule has 0 aliphatic rings. The zero-order valence-corrected chi connectivity index (χ0v) is 11.8. The number of hydrogen-bond donors (Lipinski definition) is 2. The number of nitrogens with zero attached hydrogens (tertiary/aromatic N) is 4. The van der Waals surface area contributed by atoms with Crippen molar-refractivity contribution in [1.82, 2.24) is 19.6 Å². The molecule has 0 amide bonds. The summed E-state index contributed by atoms with van der Waals surface area (Å²) < 4.78 is 1.70. The molecule has 0 radical (unpaired) electrons. The molecule has 2 rings (SSSR count). The second-order valence-electron chi connectivity index (χ2n) is 4.88. The Balaban J connectivity index is 2.11. The monoisotopic (exact) mass is 262 g/mol. The third-order valence-corrected chi connectivity index (χ3v) is 3.55. The van der Waals surface area contributed by atoms with Gasteiger partial charge in [0.1, 0.15) is 12.1 Å². The van der Waals surface area contributed by atoms with Gasteiger partial charge in [0, 0.05) is 24.3 Å². The Morgan fingerprint density at radius 1 is 1.37 bits per heavy atom. The maximum atomic E-state index is 6.22. The summed E-state index contributed by atoms with van der Waals surface area (Å²) in [6.07, 6.45) is 3.72. The number of fused-ring (bicyclic) bond motifs is 1. The fraction of sp³-hybridized carbons (Fsp3) is 0.615. The molecule has 2 aromatic heterocycles. The minimum atomic E-state index is 0.141. The van der Waals surface area contributed by atoms with E-state index >= 15 is 0 Å². The average molecular weight is 262 g/mol. The van der Waals surface area contributed by atoms with E-state index in [0.29, 0.717) is 11.7 Å². The molecule has 104 valence electrons. The summed E-state index contributed by atoms with van der Waals surface area (Å²) in [5.41, 5.74) is 7.14. The second-order valence-corrected chi connectivity index (χ2v) is 4.88. The first kappa shape index (κ1) is 13.7. The lowest BCUT2D eigenvalue weighted by Crippen LogP contribution is -2.36. The first-order valence-electron chi connectivity index (χ1n) is 6.82. The van der Waals surface area contributed by atoms with E-state index in [-0.39, 0.29) is 6.04 Å². The van der Waals surface area contributed by atoms with Gasteiger partial charge in [-0.05, 0) is 12.8 Å². The van der Waals surface area contributed by atoms with Crippen molar-refractivity contribution in [1.29, 1.82) is 0 Å². The largest absolute Gasteiger partial charge is 0.368 e. The summed E-state index contributed by atoms with van der Waals surface area (Å²) in [6, 6.07) is 2.10. The fourth-order valence-corrected chi connectivity index (χ4v) is 2.34. The van der Waals surface area contributed by atoms with Crippen LogP contribution >= 0.6 is 0 Å². The molecule has 2 aromatic rings. The summed E-state index contributed by atoms with van der Waals surface area (Å²) in [5.74, 6) is 2.04. The molecule has 3 N–H and O–H groups in total. The molecule has 2 heterocycles. The maximum Gasteiger partial charge on any atom is 0.254 e. The van der Waals surface area contributed by atoms with E-state index in [1.165, 1.54) is 6.33 Å². The van der Waals surface area contributed by atoms with Crippen molar-refractivity contribution < 1.29 is 0 Å². The molecule has 0 saturated heterocycles. The van der Waals surface area contributed by atoms with Crippen molar-refractivity contribution in [3.05, 3.63) is 18.1 Å². The Kier molecular flexibility index (Phi) is 4.31. The lowest BCUT2D eigenvalue weighted by molar-refractivity contribution is 0.407. The third kappa shape index (κ3) is 3.01. The van der Waals surface area contributed by atoms with Gasteiger partial charge in [0.2, 0.25) is 0 Å². The quantitative estimate of drug-likeness (QED) is 0.826. The Labute approximate surface area is 113 Å². The zero-order valence-electron chi connectivity index (χ0n) is 11.8. The number of nitrogens with two attached hydrogens (primary N) is 1. The van der Waals surface area contributed by atoms with Gasteiger partial charge in [-0.25, -0.2) is 4.98 Å². The number of hydrogen-bond acceptors (Lipinski definition) is 5. The van der Waals surface area contributed by atoms with Gasteiger partial charge >= 0.3 is 0 Å². The Morgan fingerprint density at radius 2 is 2.11 bits per heavy atom. The molecule has 0 fully saturated rings. The van der Waals surface area contributed by atoms with Crippen LogP contribution in [0.3, 0.4) is 0 Å². The van der Waals surface area contributed by atoms with Crippen molar-refractivity contribution >= 4 is 11.6 Å². The molecule has 1 unspecified atom stereocenters. The van der Waals surface area contributed by atoms with Crippen molar-refractivity contribution in [2.24, 2.45) is 11.7 Å². The molecule has 0 saturated carbocycles. The number of anilines is 1. The average Bonchev–Trinajstić information content (AvgIpc) is 2.85. The molecule has 0 aliphatic carbocycles. The molecule has 6 heteroatoms. The van der Waals surface area contributed by atoms with Crippen molar-refractivity contribution in [3.8, 4) is 0 Å². The highest BCUT2D eigenvalue weighted by atomic mass is 15.3. The molecule has 0 bridgehead atoms. The molecule has 6 nitrogen and oxygen atoms in total. The van der Waals surface area contributed by atoms with Gasteiger partial charge in [-0.2, -0.15) is 14.6 Å². The summed E-state index contributed by atoms with van der Waals surface area (Å²) in [4.78, 5) is 8.41. The standard InChI is InChI=1S/C13H22N6/c1-4-10(5-2)11(14)7-15-12-6-9(3)18-13-16-8-17-19(12)13/h6,8,10-11,15H,4-5,7,14H2,1-3H3. The first-order chi connectivity index (χ1) is 9.15. The van der Waals surface area contributed by atoms with E-state index in [0.717, 1.165) is 30.9 Å². The van der Waals surface area contributed by atoms with Crippen LogP contribution in [0.2, 0.25) is 0 Å². The van der Waals surface area contributed by atoms with Crippen molar-refractivity contribution in [2.45, 2.75) is 39.7 Å². The highest BCUT2D eigenvalue weighted by molar-refractivity contribution is 5.44. The van der Waals surface area contributed by atoms with Crippen molar-refractivity contribution in [3.63, 3.8) is 0 Å². The van der Waals surface area contributed by atoms with Crippen LogP contribution in [0.4, 0.5) is 5.82 Å². The van der Waals surface area contributed by atoms with Gasteiger partial charge in [0.15, 0.2) is 0 Å². The SMILES string of the molecule is CCC(CC)C(N)CNc1cc(C)nc2ncnn12. The number of aryl methyl sites for hydroxylation is 1. The van der Waals surface area contributed by atoms with Gasteiger partial charge in [-0.3, -0.25) is 0 Å². The number of aromatic nitrogens is 4. The van der Waals surface area contributed by atoms with Gasteiger partial charge in [0.05, 0.1) is 0 Å². The summed E-state index contributed by atoms with van der Waals surface area (Å²) >= 11 is 0. The molecule has 1 atom stereocenters. The van der Waals surface area contributed by atoms with E-state index in [9.17, 15) is 0 Å². The van der Waals surface area contributed by atoms with Crippen LogP contribution in [0.25, 0.3) is 5.78 Å². The van der Waals surface area contributed by atoms with Crippen LogP contribution < -0.4 is 11.1 Å². The summed E-state index contributed by atoms with van der Waals surface area (Å²) in [6.45, 7) is 7.03. The molecule has 0 aromatic carbocycles. The summed E-state index contributed by atoms with van der Waals surface area (Å²) in [7, 11) is 0.